The Morgan fingerprint density at radius 3 is 2.55 bits per heavy atom. The maximum absolute atomic E-state index is 13.5. The second kappa shape index (κ2) is 6.91. The van der Waals surface area contributed by atoms with Crippen LogP contribution >= 0.6 is 0 Å². The van der Waals surface area contributed by atoms with Gasteiger partial charge in [-0.15, -0.1) is 0 Å². The second-order valence-electron chi connectivity index (χ2n) is 6.84. The average Bonchev–Trinajstić information content (AvgIpc) is 3.05. The zero-order chi connectivity index (χ0) is 19.8. The fourth-order valence-corrected chi connectivity index (χ4v) is 3.76. The summed E-state index contributed by atoms with van der Waals surface area (Å²) in [6, 6.07) is 25.4. The molecule has 4 aromatic rings. The van der Waals surface area contributed by atoms with Gasteiger partial charge in [0.1, 0.15) is 5.75 Å². The highest BCUT2D eigenvalue weighted by Gasteiger charge is 2.34. The molecule has 3 aromatic carbocycles. The molecule has 0 saturated heterocycles. The van der Waals surface area contributed by atoms with Crippen LogP contribution in [-0.4, -0.2) is 18.0 Å². The molecule has 0 aliphatic carbocycles. The van der Waals surface area contributed by atoms with Gasteiger partial charge in [0, 0.05) is 22.7 Å². The summed E-state index contributed by atoms with van der Waals surface area (Å²) in [5.74, 6) is 0.649. The standard InChI is InChI=1S/C25H18N2O2/c1-29-19-12-13-20-21(16-19)23(15-17-7-3-2-4-8-17)27(25(20)28)22-11-5-9-18-10-6-14-26-24(18)22/h2-16H,1H3/b23-15+. The summed E-state index contributed by atoms with van der Waals surface area (Å²) in [4.78, 5) is 19.8. The van der Waals surface area contributed by atoms with Crippen molar-refractivity contribution >= 4 is 34.3 Å². The van der Waals surface area contributed by atoms with E-state index in [0.29, 0.717) is 11.3 Å². The van der Waals surface area contributed by atoms with Gasteiger partial charge in [-0.1, -0.05) is 48.5 Å². The van der Waals surface area contributed by atoms with E-state index in [0.717, 1.165) is 33.4 Å². The van der Waals surface area contributed by atoms with Crippen LogP contribution in [0.3, 0.4) is 0 Å². The Morgan fingerprint density at radius 2 is 1.72 bits per heavy atom. The van der Waals surface area contributed by atoms with Crippen LogP contribution in [0.2, 0.25) is 0 Å². The van der Waals surface area contributed by atoms with Crippen LogP contribution in [0.15, 0.2) is 85.1 Å². The first-order valence-electron chi connectivity index (χ1n) is 9.39. The van der Waals surface area contributed by atoms with E-state index < -0.39 is 0 Å². The molecular formula is C25H18N2O2. The Bertz CT molecular complexity index is 1260. The van der Waals surface area contributed by atoms with Crippen molar-refractivity contribution in [2.45, 2.75) is 0 Å². The number of para-hydroxylation sites is 1. The third kappa shape index (κ3) is 2.86. The molecule has 0 bridgehead atoms. The van der Waals surface area contributed by atoms with Gasteiger partial charge in [-0.2, -0.15) is 0 Å². The monoisotopic (exact) mass is 378 g/mol. The van der Waals surface area contributed by atoms with E-state index >= 15 is 0 Å². The van der Waals surface area contributed by atoms with Crippen molar-refractivity contribution in [2.75, 3.05) is 12.0 Å². The molecule has 0 unspecified atom stereocenters. The third-order valence-electron chi connectivity index (χ3n) is 5.13. The first-order valence-corrected chi connectivity index (χ1v) is 9.39. The molecule has 1 amide bonds. The van der Waals surface area contributed by atoms with Crippen molar-refractivity contribution in [2.24, 2.45) is 0 Å². The van der Waals surface area contributed by atoms with Crippen molar-refractivity contribution in [1.29, 1.82) is 0 Å². The number of pyridine rings is 1. The van der Waals surface area contributed by atoms with E-state index in [1.807, 2.05) is 84.9 Å². The van der Waals surface area contributed by atoms with E-state index in [1.54, 1.807) is 18.2 Å². The number of amides is 1. The van der Waals surface area contributed by atoms with Crippen molar-refractivity contribution in [1.82, 2.24) is 4.98 Å². The Hall–Kier alpha value is -3.92. The maximum Gasteiger partial charge on any atom is 0.263 e. The van der Waals surface area contributed by atoms with Gasteiger partial charge in [-0.3, -0.25) is 14.7 Å². The molecule has 29 heavy (non-hydrogen) atoms. The molecule has 1 aliphatic heterocycles. The molecule has 0 N–H and O–H groups in total. The first kappa shape index (κ1) is 17.2. The third-order valence-corrected chi connectivity index (χ3v) is 5.13. The number of carbonyl (C=O) groups excluding carboxylic acids is 1. The van der Waals surface area contributed by atoms with Crippen LogP contribution in [-0.2, 0) is 0 Å². The lowest BCUT2D eigenvalue weighted by Crippen LogP contribution is -2.22. The van der Waals surface area contributed by atoms with Crippen molar-refractivity contribution in [3.63, 3.8) is 0 Å². The summed E-state index contributed by atoms with van der Waals surface area (Å²) < 4.78 is 5.42. The quantitative estimate of drug-likeness (QED) is 0.479. The van der Waals surface area contributed by atoms with Crippen LogP contribution in [0.5, 0.6) is 5.75 Å². The van der Waals surface area contributed by atoms with Crippen LogP contribution in [0.1, 0.15) is 21.5 Å². The highest BCUT2D eigenvalue weighted by atomic mass is 16.5. The molecule has 4 nitrogen and oxygen atoms in total. The van der Waals surface area contributed by atoms with E-state index in [4.69, 9.17) is 4.74 Å². The lowest BCUT2D eigenvalue weighted by atomic mass is 10.1. The Morgan fingerprint density at radius 1 is 0.897 bits per heavy atom. The van der Waals surface area contributed by atoms with Crippen LogP contribution < -0.4 is 9.64 Å². The predicted octanol–water partition coefficient (Wildman–Crippen LogP) is 5.40. The summed E-state index contributed by atoms with van der Waals surface area (Å²) in [6.07, 6.45) is 3.79. The Kier molecular flexibility index (Phi) is 4.10. The van der Waals surface area contributed by atoms with Gasteiger partial charge in [0.15, 0.2) is 0 Å². The lowest BCUT2D eigenvalue weighted by Gasteiger charge is -2.20. The van der Waals surface area contributed by atoms with Gasteiger partial charge in [0.2, 0.25) is 0 Å². The molecule has 0 radical (unpaired) electrons. The van der Waals surface area contributed by atoms with E-state index in [-0.39, 0.29) is 5.91 Å². The van der Waals surface area contributed by atoms with Gasteiger partial charge in [0.05, 0.1) is 24.0 Å². The Balaban J connectivity index is 1.77. The molecule has 2 heterocycles. The van der Waals surface area contributed by atoms with Crippen LogP contribution in [0.25, 0.3) is 22.7 Å². The van der Waals surface area contributed by atoms with Gasteiger partial charge in [0.25, 0.3) is 5.91 Å². The number of fused-ring (bicyclic) bond motifs is 2. The van der Waals surface area contributed by atoms with Crippen LogP contribution in [0, 0.1) is 0 Å². The normalized spacial score (nSPS) is 14.4. The molecular weight excluding hydrogens is 360 g/mol. The highest BCUT2D eigenvalue weighted by Crippen LogP contribution is 2.41. The van der Waals surface area contributed by atoms with Crippen LogP contribution in [0.4, 0.5) is 5.69 Å². The van der Waals surface area contributed by atoms with E-state index in [9.17, 15) is 4.79 Å². The zero-order valence-electron chi connectivity index (χ0n) is 15.9. The maximum atomic E-state index is 13.5. The number of benzene rings is 3. The number of rotatable bonds is 3. The number of nitrogens with zero attached hydrogens (tertiary/aromatic N) is 2. The van der Waals surface area contributed by atoms with Gasteiger partial charge in [-0.25, -0.2) is 0 Å². The molecule has 1 aliphatic rings. The van der Waals surface area contributed by atoms with Crippen molar-refractivity contribution in [3.05, 3.63) is 102 Å². The number of anilines is 1. The molecule has 0 spiro atoms. The first-order chi connectivity index (χ1) is 14.3. The molecule has 0 fully saturated rings. The summed E-state index contributed by atoms with van der Waals surface area (Å²) in [5, 5.41) is 0.991. The minimum atomic E-state index is -0.0667. The van der Waals surface area contributed by atoms with E-state index in [1.165, 1.54) is 0 Å². The predicted molar refractivity (Wildman–Crippen MR) is 116 cm³/mol. The molecule has 0 saturated carbocycles. The SMILES string of the molecule is COc1ccc2c(c1)/C(=C\c1ccccc1)N(c1cccc3cccnc13)C2=O. The summed E-state index contributed by atoms with van der Waals surface area (Å²) >= 11 is 0. The summed E-state index contributed by atoms with van der Waals surface area (Å²) in [7, 11) is 1.63. The summed E-state index contributed by atoms with van der Waals surface area (Å²) in [5.41, 5.74) is 4.90. The number of hydrogen-bond donors (Lipinski definition) is 0. The fraction of sp³-hybridized carbons (Fsp3) is 0.0400. The number of methoxy groups -OCH3 is 1. The van der Waals surface area contributed by atoms with Crippen molar-refractivity contribution < 1.29 is 9.53 Å². The average molecular weight is 378 g/mol. The smallest absolute Gasteiger partial charge is 0.263 e. The molecule has 1 aromatic heterocycles. The molecule has 0 atom stereocenters. The molecule has 4 heteroatoms. The lowest BCUT2D eigenvalue weighted by molar-refractivity contribution is 0.101. The van der Waals surface area contributed by atoms with Crippen molar-refractivity contribution in [3.8, 4) is 5.75 Å². The largest absolute Gasteiger partial charge is 0.497 e. The topological polar surface area (TPSA) is 42.4 Å². The number of ether oxygens (including phenoxy) is 1. The van der Waals surface area contributed by atoms with Gasteiger partial charge in [-0.05, 0) is 42.0 Å². The number of aromatic nitrogens is 1. The number of carbonyl (C=O) groups is 1. The minimum Gasteiger partial charge on any atom is -0.497 e. The molecule has 140 valence electrons. The Labute approximate surface area is 168 Å². The minimum absolute atomic E-state index is 0.0667. The zero-order valence-corrected chi connectivity index (χ0v) is 15.9. The highest BCUT2D eigenvalue weighted by molar-refractivity contribution is 6.26. The van der Waals surface area contributed by atoms with Gasteiger partial charge >= 0.3 is 0 Å². The second-order valence-corrected chi connectivity index (χ2v) is 6.84. The summed E-state index contributed by atoms with van der Waals surface area (Å²) in [6.45, 7) is 0. The fourth-order valence-electron chi connectivity index (χ4n) is 3.76. The van der Waals surface area contributed by atoms with E-state index in [2.05, 4.69) is 4.98 Å². The number of hydrogen-bond acceptors (Lipinski definition) is 3. The molecule has 5 rings (SSSR count). The van der Waals surface area contributed by atoms with Gasteiger partial charge < -0.3 is 4.74 Å².